The summed E-state index contributed by atoms with van der Waals surface area (Å²) in [6, 6.07) is 10.9. The van der Waals surface area contributed by atoms with Gasteiger partial charge in [-0.2, -0.15) is 0 Å². The Bertz CT molecular complexity index is 638. The highest BCUT2D eigenvalue weighted by atomic mass is 79.9. The lowest BCUT2D eigenvalue weighted by atomic mass is 10.0. The maximum atomic E-state index is 11.1. The molecule has 2 rings (SSSR count). The van der Waals surface area contributed by atoms with Crippen molar-refractivity contribution in [1.82, 2.24) is 0 Å². The summed E-state index contributed by atoms with van der Waals surface area (Å²) in [6.45, 7) is 0. The second kappa shape index (κ2) is 5.96. The monoisotopic (exact) mass is 335 g/mol. The molecule has 0 spiro atoms. The van der Waals surface area contributed by atoms with E-state index in [1.807, 2.05) is 30.3 Å². The maximum Gasteiger partial charge on any atom is 0.337 e. The number of aromatic carboxylic acids is 1. The summed E-state index contributed by atoms with van der Waals surface area (Å²) < 4.78 is 5.80. The first-order valence-electron chi connectivity index (χ1n) is 5.95. The number of hydrogen-bond acceptors (Lipinski definition) is 3. The van der Waals surface area contributed by atoms with E-state index in [0.29, 0.717) is 16.6 Å². The average molecular weight is 336 g/mol. The molecular weight excluding hydrogens is 322 g/mol. The lowest BCUT2D eigenvalue weighted by Crippen LogP contribution is -2.06. The average Bonchev–Trinajstić information content (AvgIpc) is 2.43. The molecule has 0 atom stereocenters. The van der Waals surface area contributed by atoms with Gasteiger partial charge in [-0.25, -0.2) is 4.79 Å². The summed E-state index contributed by atoms with van der Waals surface area (Å²) in [5.41, 5.74) is 8.16. The van der Waals surface area contributed by atoms with Crippen LogP contribution in [0.5, 0.6) is 5.75 Å². The molecule has 0 aliphatic carbocycles. The third-order valence-corrected chi connectivity index (χ3v) is 3.47. The van der Waals surface area contributed by atoms with Crippen molar-refractivity contribution in [2.45, 2.75) is 6.42 Å². The largest absolute Gasteiger partial charge is 0.497 e. The lowest BCUT2D eigenvalue weighted by Gasteiger charge is -2.10. The molecule has 0 amide bonds. The van der Waals surface area contributed by atoms with Gasteiger partial charge in [0.1, 0.15) is 5.75 Å². The van der Waals surface area contributed by atoms with Crippen molar-refractivity contribution >= 4 is 27.6 Å². The fourth-order valence-corrected chi connectivity index (χ4v) is 2.47. The quantitative estimate of drug-likeness (QED) is 0.840. The summed E-state index contributed by atoms with van der Waals surface area (Å²) in [6.07, 6.45) is 0.565. The number of anilines is 1. The molecule has 2 aromatic carbocycles. The Kier molecular flexibility index (Phi) is 4.29. The highest BCUT2D eigenvalue weighted by Gasteiger charge is 2.13. The van der Waals surface area contributed by atoms with Crippen LogP contribution in [0.3, 0.4) is 0 Å². The Morgan fingerprint density at radius 1 is 1.30 bits per heavy atom. The van der Waals surface area contributed by atoms with Gasteiger partial charge in [0.05, 0.1) is 12.7 Å². The molecule has 5 heteroatoms. The summed E-state index contributed by atoms with van der Waals surface area (Å²) in [4.78, 5) is 11.1. The number of carbonyl (C=O) groups is 1. The fraction of sp³-hybridized carbons (Fsp3) is 0.133. The summed E-state index contributed by atoms with van der Waals surface area (Å²) in [5, 5.41) is 9.13. The van der Waals surface area contributed by atoms with Gasteiger partial charge in [-0.05, 0) is 41.8 Å². The zero-order valence-corrected chi connectivity index (χ0v) is 12.5. The Labute approximate surface area is 125 Å². The molecule has 104 valence electrons. The summed E-state index contributed by atoms with van der Waals surface area (Å²) >= 11 is 3.31. The van der Waals surface area contributed by atoms with Crippen molar-refractivity contribution in [2.24, 2.45) is 0 Å². The molecule has 0 aromatic heterocycles. The first kappa shape index (κ1) is 14.4. The van der Waals surface area contributed by atoms with Crippen molar-refractivity contribution in [3.8, 4) is 5.75 Å². The second-order valence-electron chi connectivity index (χ2n) is 4.36. The topological polar surface area (TPSA) is 72.5 Å². The van der Waals surface area contributed by atoms with Crippen LogP contribution in [0.25, 0.3) is 0 Å². The zero-order chi connectivity index (χ0) is 14.7. The molecule has 0 radical (unpaired) electrons. The van der Waals surface area contributed by atoms with Crippen LogP contribution in [-0.2, 0) is 6.42 Å². The molecule has 0 bridgehead atoms. The number of carboxylic acid groups (broad SMARTS) is 1. The highest BCUT2D eigenvalue weighted by molar-refractivity contribution is 9.10. The Morgan fingerprint density at radius 3 is 2.50 bits per heavy atom. The molecule has 0 unspecified atom stereocenters. The van der Waals surface area contributed by atoms with Gasteiger partial charge in [0.15, 0.2) is 0 Å². The van der Waals surface area contributed by atoms with Gasteiger partial charge in [0, 0.05) is 10.2 Å². The van der Waals surface area contributed by atoms with Crippen molar-refractivity contribution in [3.63, 3.8) is 0 Å². The normalized spacial score (nSPS) is 10.3. The molecule has 4 nitrogen and oxygen atoms in total. The van der Waals surface area contributed by atoms with E-state index < -0.39 is 5.97 Å². The molecule has 0 aliphatic rings. The second-order valence-corrected chi connectivity index (χ2v) is 5.27. The van der Waals surface area contributed by atoms with Gasteiger partial charge >= 0.3 is 5.97 Å². The minimum atomic E-state index is -1.03. The number of nitrogen functional groups attached to an aromatic ring is 1. The zero-order valence-electron chi connectivity index (χ0n) is 10.9. The van der Waals surface area contributed by atoms with Crippen molar-refractivity contribution in [1.29, 1.82) is 0 Å². The summed E-state index contributed by atoms with van der Waals surface area (Å²) in [7, 11) is 1.61. The minimum absolute atomic E-state index is 0.114. The number of halogens is 1. The van der Waals surface area contributed by atoms with Crippen LogP contribution in [0.15, 0.2) is 40.9 Å². The van der Waals surface area contributed by atoms with Crippen LogP contribution in [0.2, 0.25) is 0 Å². The van der Waals surface area contributed by atoms with Crippen molar-refractivity contribution in [2.75, 3.05) is 12.8 Å². The SMILES string of the molecule is COc1ccc(Cc2cc(Br)cc(C(=O)O)c2N)cc1. The lowest BCUT2D eigenvalue weighted by molar-refractivity contribution is 0.0698. The predicted octanol–water partition coefficient (Wildman–Crippen LogP) is 3.33. The van der Waals surface area contributed by atoms with Crippen LogP contribution in [-0.4, -0.2) is 18.2 Å². The van der Waals surface area contributed by atoms with Crippen LogP contribution >= 0.6 is 15.9 Å². The first-order valence-corrected chi connectivity index (χ1v) is 6.74. The number of nitrogens with two attached hydrogens (primary N) is 1. The highest BCUT2D eigenvalue weighted by Crippen LogP contribution is 2.26. The van der Waals surface area contributed by atoms with E-state index in [2.05, 4.69) is 15.9 Å². The Balaban J connectivity index is 2.35. The molecule has 0 saturated carbocycles. The molecule has 0 fully saturated rings. The molecular formula is C15H14BrNO3. The van der Waals surface area contributed by atoms with Gasteiger partial charge in [0.25, 0.3) is 0 Å². The number of rotatable bonds is 4. The molecule has 0 saturated heterocycles. The maximum absolute atomic E-state index is 11.1. The van der Waals surface area contributed by atoms with Gasteiger partial charge < -0.3 is 15.6 Å². The Morgan fingerprint density at radius 2 is 1.95 bits per heavy atom. The number of hydrogen-bond donors (Lipinski definition) is 2. The number of ether oxygens (including phenoxy) is 1. The molecule has 0 heterocycles. The number of carboxylic acids is 1. The third-order valence-electron chi connectivity index (χ3n) is 3.01. The predicted molar refractivity (Wildman–Crippen MR) is 81.3 cm³/mol. The minimum Gasteiger partial charge on any atom is -0.497 e. The van der Waals surface area contributed by atoms with E-state index in [-0.39, 0.29) is 5.56 Å². The van der Waals surface area contributed by atoms with E-state index in [4.69, 9.17) is 15.6 Å². The third kappa shape index (κ3) is 3.11. The van der Waals surface area contributed by atoms with Gasteiger partial charge in [-0.3, -0.25) is 0 Å². The molecule has 0 aliphatic heterocycles. The molecule has 20 heavy (non-hydrogen) atoms. The first-order chi connectivity index (χ1) is 9.51. The van der Waals surface area contributed by atoms with Crippen LogP contribution in [0.4, 0.5) is 5.69 Å². The smallest absolute Gasteiger partial charge is 0.337 e. The standard InChI is InChI=1S/C15H14BrNO3/c1-20-12-4-2-9(3-5-12)6-10-7-11(16)8-13(14(10)17)15(18)19/h2-5,7-8H,6,17H2,1H3,(H,18,19). The van der Waals surface area contributed by atoms with E-state index in [1.165, 1.54) is 6.07 Å². The Hall–Kier alpha value is -2.01. The number of methoxy groups -OCH3 is 1. The van der Waals surface area contributed by atoms with Gasteiger partial charge in [-0.1, -0.05) is 28.1 Å². The fourth-order valence-electron chi connectivity index (χ4n) is 1.96. The van der Waals surface area contributed by atoms with E-state index in [0.717, 1.165) is 16.9 Å². The van der Waals surface area contributed by atoms with Crippen LogP contribution < -0.4 is 10.5 Å². The number of benzene rings is 2. The van der Waals surface area contributed by atoms with Crippen molar-refractivity contribution < 1.29 is 14.6 Å². The van der Waals surface area contributed by atoms with Gasteiger partial charge in [-0.15, -0.1) is 0 Å². The van der Waals surface area contributed by atoms with Gasteiger partial charge in [0.2, 0.25) is 0 Å². The molecule has 2 aromatic rings. The van der Waals surface area contributed by atoms with E-state index in [9.17, 15) is 4.79 Å². The summed E-state index contributed by atoms with van der Waals surface area (Å²) in [5.74, 6) is -0.248. The van der Waals surface area contributed by atoms with E-state index >= 15 is 0 Å². The van der Waals surface area contributed by atoms with Crippen molar-refractivity contribution in [3.05, 3.63) is 57.6 Å². The molecule has 3 N–H and O–H groups in total. The van der Waals surface area contributed by atoms with Crippen LogP contribution in [0.1, 0.15) is 21.5 Å². The van der Waals surface area contributed by atoms with E-state index in [1.54, 1.807) is 7.11 Å². The van der Waals surface area contributed by atoms with Crippen LogP contribution in [0, 0.1) is 0 Å².